The average Bonchev–Trinajstić information content (AvgIpc) is 2.70. The number of piperazine rings is 1. The predicted molar refractivity (Wildman–Crippen MR) is 105 cm³/mol. The highest BCUT2D eigenvalue weighted by atomic mass is 16.5. The molecule has 0 aromatic heterocycles. The molecule has 1 aliphatic heterocycles. The Balaban J connectivity index is 1.46. The van der Waals surface area contributed by atoms with E-state index in [1.807, 2.05) is 54.6 Å². The van der Waals surface area contributed by atoms with Crippen molar-refractivity contribution in [3.05, 3.63) is 60.2 Å². The number of hydrogen-bond acceptors (Lipinski definition) is 5. The van der Waals surface area contributed by atoms with Gasteiger partial charge >= 0.3 is 0 Å². The van der Waals surface area contributed by atoms with E-state index in [-0.39, 0.29) is 11.9 Å². The molecule has 0 radical (unpaired) electrons. The lowest BCUT2D eigenvalue weighted by molar-refractivity contribution is -0.124. The number of hydrogen-bond donors (Lipinski definition) is 1. The standard InChI is InChI=1S/C21H27N3O3/c1-26-18-7-9-19(10-8-18)27-16-15-23-11-13-24(14-12-23)20(21(22)25)17-5-3-2-4-6-17/h2-10,20H,11-16H2,1H3,(H2,22,25)/t20-/m1/s1. The van der Waals surface area contributed by atoms with E-state index < -0.39 is 0 Å². The third kappa shape index (κ3) is 5.21. The fourth-order valence-electron chi connectivity index (χ4n) is 3.40. The lowest BCUT2D eigenvalue weighted by Crippen LogP contribution is -2.51. The second kappa shape index (κ2) is 9.39. The number of carbonyl (C=O) groups excluding carboxylic acids is 1. The summed E-state index contributed by atoms with van der Waals surface area (Å²) in [6, 6.07) is 17.0. The number of benzene rings is 2. The highest BCUT2D eigenvalue weighted by Gasteiger charge is 2.28. The molecule has 0 saturated carbocycles. The van der Waals surface area contributed by atoms with Crippen molar-refractivity contribution in [3.8, 4) is 11.5 Å². The topological polar surface area (TPSA) is 68.0 Å². The number of rotatable bonds is 8. The summed E-state index contributed by atoms with van der Waals surface area (Å²) in [5, 5.41) is 0. The van der Waals surface area contributed by atoms with E-state index in [1.165, 1.54) is 0 Å². The van der Waals surface area contributed by atoms with Crippen molar-refractivity contribution in [2.24, 2.45) is 5.73 Å². The summed E-state index contributed by atoms with van der Waals surface area (Å²) < 4.78 is 11.0. The van der Waals surface area contributed by atoms with Gasteiger partial charge in [0.2, 0.25) is 5.91 Å². The van der Waals surface area contributed by atoms with Crippen molar-refractivity contribution < 1.29 is 14.3 Å². The molecule has 0 unspecified atom stereocenters. The Morgan fingerprint density at radius 2 is 1.63 bits per heavy atom. The molecule has 144 valence electrons. The summed E-state index contributed by atoms with van der Waals surface area (Å²) in [5.41, 5.74) is 6.64. The molecule has 1 amide bonds. The quantitative estimate of drug-likeness (QED) is 0.770. The number of amides is 1. The van der Waals surface area contributed by atoms with Gasteiger partial charge in [0.1, 0.15) is 24.1 Å². The van der Waals surface area contributed by atoms with Crippen LogP contribution in [0.4, 0.5) is 0 Å². The van der Waals surface area contributed by atoms with Gasteiger partial charge in [-0.2, -0.15) is 0 Å². The van der Waals surface area contributed by atoms with Crippen LogP contribution in [-0.4, -0.2) is 62.1 Å². The van der Waals surface area contributed by atoms with Gasteiger partial charge in [0, 0.05) is 32.7 Å². The SMILES string of the molecule is COc1ccc(OCCN2CCN([C@@H](C(N)=O)c3ccccc3)CC2)cc1. The minimum atomic E-state index is -0.358. The molecule has 2 N–H and O–H groups in total. The minimum absolute atomic E-state index is 0.294. The molecule has 0 aliphatic carbocycles. The highest BCUT2D eigenvalue weighted by Crippen LogP contribution is 2.22. The third-order valence-electron chi connectivity index (χ3n) is 4.89. The number of carbonyl (C=O) groups is 1. The first-order chi connectivity index (χ1) is 13.2. The largest absolute Gasteiger partial charge is 0.497 e. The fraction of sp³-hybridized carbons (Fsp3) is 0.381. The molecule has 27 heavy (non-hydrogen) atoms. The lowest BCUT2D eigenvalue weighted by atomic mass is 10.0. The summed E-state index contributed by atoms with van der Waals surface area (Å²) in [5.74, 6) is 1.37. The summed E-state index contributed by atoms with van der Waals surface area (Å²) >= 11 is 0. The van der Waals surface area contributed by atoms with Crippen LogP contribution in [0.3, 0.4) is 0 Å². The van der Waals surface area contributed by atoms with Crippen molar-refractivity contribution in [1.82, 2.24) is 9.80 Å². The monoisotopic (exact) mass is 369 g/mol. The number of nitrogens with zero attached hydrogens (tertiary/aromatic N) is 2. The van der Waals surface area contributed by atoms with Crippen LogP contribution in [0.1, 0.15) is 11.6 Å². The first kappa shape index (κ1) is 19.2. The maximum Gasteiger partial charge on any atom is 0.239 e. The van der Waals surface area contributed by atoms with E-state index in [2.05, 4.69) is 9.80 Å². The molecule has 0 bridgehead atoms. The van der Waals surface area contributed by atoms with Crippen LogP contribution in [-0.2, 0) is 4.79 Å². The van der Waals surface area contributed by atoms with Gasteiger partial charge in [-0.1, -0.05) is 30.3 Å². The molecule has 1 atom stereocenters. The molecule has 6 heteroatoms. The summed E-state index contributed by atoms with van der Waals surface area (Å²) in [6.07, 6.45) is 0. The molecular weight excluding hydrogens is 342 g/mol. The maximum absolute atomic E-state index is 12.0. The second-order valence-electron chi connectivity index (χ2n) is 6.62. The Labute approximate surface area is 160 Å². The van der Waals surface area contributed by atoms with Crippen molar-refractivity contribution in [3.63, 3.8) is 0 Å². The smallest absolute Gasteiger partial charge is 0.239 e. The molecule has 0 spiro atoms. The van der Waals surface area contributed by atoms with Gasteiger partial charge in [-0.25, -0.2) is 0 Å². The first-order valence-corrected chi connectivity index (χ1v) is 9.25. The van der Waals surface area contributed by atoms with Crippen molar-refractivity contribution in [2.45, 2.75) is 6.04 Å². The average molecular weight is 369 g/mol. The van der Waals surface area contributed by atoms with Crippen LogP contribution in [0.5, 0.6) is 11.5 Å². The zero-order valence-corrected chi connectivity index (χ0v) is 15.7. The van der Waals surface area contributed by atoms with Crippen LogP contribution >= 0.6 is 0 Å². The van der Waals surface area contributed by atoms with Crippen LogP contribution in [0.25, 0.3) is 0 Å². The Kier molecular flexibility index (Phi) is 6.68. The highest BCUT2D eigenvalue weighted by molar-refractivity contribution is 5.81. The van der Waals surface area contributed by atoms with Gasteiger partial charge in [0.15, 0.2) is 0 Å². The number of methoxy groups -OCH3 is 1. The Morgan fingerprint density at radius 1 is 1.00 bits per heavy atom. The molecule has 2 aromatic rings. The van der Waals surface area contributed by atoms with Gasteiger partial charge in [-0.3, -0.25) is 14.6 Å². The van der Waals surface area contributed by atoms with Crippen LogP contribution < -0.4 is 15.2 Å². The molecule has 3 rings (SSSR count). The van der Waals surface area contributed by atoms with E-state index in [0.717, 1.165) is 49.8 Å². The van der Waals surface area contributed by atoms with Crippen LogP contribution in [0, 0.1) is 0 Å². The van der Waals surface area contributed by atoms with Crippen LogP contribution in [0.2, 0.25) is 0 Å². The van der Waals surface area contributed by atoms with E-state index in [0.29, 0.717) is 6.61 Å². The molecule has 6 nitrogen and oxygen atoms in total. The first-order valence-electron chi connectivity index (χ1n) is 9.25. The Morgan fingerprint density at radius 3 is 2.22 bits per heavy atom. The molecule has 1 heterocycles. The molecule has 2 aromatic carbocycles. The second-order valence-corrected chi connectivity index (χ2v) is 6.62. The maximum atomic E-state index is 12.0. The van der Waals surface area contributed by atoms with Gasteiger partial charge in [-0.05, 0) is 29.8 Å². The Bertz CT molecular complexity index is 713. The third-order valence-corrected chi connectivity index (χ3v) is 4.89. The van der Waals surface area contributed by atoms with Crippen molar-refractivity contribution in [2.75, 3.05) is 46.4 Å². The van der Waals surface area contributed by atoms with Gasteiger partial charge in [0.05, 0.1) is 7.11 Å². The predicted octanol–water partition coefficient (Wildman–Crippen LogP) is 1.92. The normalized spacial score (nSPS) is 16.6. The molecule has 1 saturated heterocycles. The zero-order chi connectivity index (χ0) is 19.1. The lowest BCUT2D eigenvalue weighted by Gasteiger charge is -2.38. The van der Waals surface area contributed by atoms with E-state index >= 15 is 0 Å². The number of ether oxygens (including phenoxy) is 2. The minimum Gasteiger partial charge on any atom is -0.497 e. The van der Waals surface area contributed by atoms with Crippen molar-refractivity contribution >= 4 is 5.91 Å². The molecular formula is C21H27N3O3. The van der Waals surface area contributed by atoms with Gasteiger partial charge < -0.3 is 15.2 Å². The number of nitrogens with two attached hydrogens (primary N) is 1. The molecule has 1 fully saturated rings. The Hall–Kier alpha value is -2.57. The van der Waals surface area contributed by atoms with Gasteiger partial charge in [-0.15, -0.1) is 0 Å². The van der Waals surface area contributed by atoms with Gasteiger partial charge in [0.25, 0.3) is 0 Å². The van der Waals surface area contributed by atoms with E-state index in [9.17, 15) is 4.79 Å². The summed E-state index contributed by atoms with van der Waals surface area (Å²) in [6.45, 7) is 4.89. The number of primary amides is 1. The van der Waals surface area contributed by atoms with Crippen LogP contribution in [0.15, 0.2) is 54.6 Å². The summed E-state index contributed by atoms with van der Waals surface area (Å²) in [7, 11) is 1.65. The zero-order valence-electron chi connectivity index (χ0n) is 15.7. The summed E-state index contributed by atoms with van der Waals surface area (Å²) in [4.78, 5) is 16.5. The van der Waals surface area contributed by atoms with E-state index in [1.54, 1.807) is 7.11 Å². The van der Waals surface area contributed by atoms with Crippen molar-refractivity contribution in [1.29, 1.82) is 0 Å². The molecule has 1 aliphatic rings. The fourth-order valence-corrected chi connectivity index (χ4v) is 3.40. The van der Waals surface area contributed by atoms with E-state index in [4.69, 9.17) is 15.2 Å².